The maximum atomic E-state index is 11.8. The number of hydrogen-bond donors (Lipinski definition) is 1. The minimum atomic E-state index is -0.531. The second kappa shape index (κ2) is 11.7. The molecule has 0 spiro atoms. The third kappa shape index (κ3) is 8.94. The molecule has 1 unspecified atom stereocenters. The zero-order valence-corrected chi connectivity index (χ0v) is 13.5. The molecule has 4 nitrogen and oxygen atoms in total. The number of unbranched alkanes of at least 4 members (excludes halogenated alkanes) is 6. The Morgan fingerprint density at radius 3 is 2.05 bits per heavy atom. The van der Waals surface area contributed by atoms with Crippen LogP contribution in [0.4, 0.5) is 0 Å². The molecule has 0 aromatic carbocycles. The Balaban J connectivity index is 3.78. The highest BCUT2D eigenvalue weighted by atomic mass is 16.5. The normalized spacial score (nSPS) is 12.2. The van der Waals surface area contributed by atoms with Crippen molar-refractivity contribution in [1.82, 2.24) is 5.32 Å². The molecular weight excluding hydrogens is 254 g/mol. The molecule has 0 aromatic rings. The van der Waals surface area contributed by atoms with Gasteiger partial charge in [0.25, 0.3) is 0 Å². The van der Waals surface area contributed by atoms with E-state index in [1.807, 2.05) is 13.8 Å². The lowest BCUT2D eigenvalue weighted by atomic mass is 10.0. The molecule has 0 aliphatic heterocycles. The molecule has 118 valence electrons. The Bertz CT molecular complexity index is 277. The lowest BCUT2D eigenvalue weighted by molar-refractivity contribution is -0.146. The smallest absolute Gasteiger partial charge is 0.328 e. The molecule has 0 fully saturated rings. The lowest BCUT2D eigenvalue weighted by Gasteiger charge is -2.19. The first kappa shape index (κ1) is 18.9. The summed E-state index contributed by atoms with van der Waals surface area (Å²) in [6, 6.07) is -0.531. The Hall–Kier alpha value is -1.06. The summed E-state index contributed by atoms with van der Waals surface area (Å²) in [6.07, 6.45) is 8.77. The number of carbonyl (C=O) groups is 2. The molecule has 0 heterocycles. The third-order valence-electron chi connectivity index (χ3n) is 3.45. The van der Waals surface area contributed by atoms with Gasteiger partial charge in [-0.05, 0) is 12.3 Å². The number of nitrogens with one attached hydrogen (secondary N) is 1. The average Bonchev–Trinajstić information content (AvgIpc) is 2.42. The highest BCUT2D eigenvalue weighted by molar-refractivity contribution is 5.84. The van der Waals surface area contributed by atoms with E-state index in [4.69, 9.17) is 4.74 Å². The van der Waals surface area contributed by atoms with E-state index in [1.165, 1.54) is 39.2 Å². The van der Waals surface area contributed by atoms with Crippen LogP contribution in [0.5, 0.6) is 0 Å². The predicted octanol–water partition coefficient (Wildman–Crippen LogP) is 3.44. The van der Waals surface area contributed by atoms with Gasteiger partial charge >= 0.3 is 5.97 Å². The van der Waals surface area contributed by atoms with Gasteiger partial charge in [0.15, 0.2) is 0 Å². The Morgan fingerprint density at radius 2 is 1.55 bits per heavy atom. The SMILES string of the molecule is CCCCCCCCCC(=O)NC(C(=O)OC)C(C)C. The van der Waals surface area contributed by atoms with Crippen LogP contribution in [0.3, 0.4) is 0 Å². The van der Waals surface area contributed by atoms with Crippen LogP contribution in [0.25, 0.3) is 0 Å². The molecule has 0 aliphatic rings. The van der Waals surface area contributed by atoms with E-state index in [2.05, 4.69) is 12.2 Å². The standard InChI is InChI=1S/C16H31NO3/c1-5-6-7-8-9-10-11-12-14(18)17-15(13(2)3)16(19)20-4/h13,15H,5-12H2,1-4H3,(H,17,18). The summed E-state index contributed by atoms with van der Waals surface area (Å²) in [7, 11) is 1.35. The van der Waals surface area contributed by atoms with E-state index in [-0.39, 0.29) is 17.8 Å². The number of esters is 1. The molecule has 20 heavy (non-hydrogen) atoms. The summed E-state index contributed by atoms with van der Waals surface area (Å²) in [5, 5.41) is 2.76. The van der Waals surface area contributed by atoms with Crippen molar-refractivity contribution >= 4 is 11.9 Å². The zero-order valence-electron chi connectivity index (χ0n) is 13.5. The minimum absolute atomic E-state index is 0.0421. The van der Waals surface area contributed by atoms with Gasteiger partial charge in [0.2, 0.25) is 5.91 Å². The predicted molar refractivity (Wildman–Crippen MR) is 81.4 cm³/mol. The maximum Gasteiger partial charge on any atom is 0.328 e. The first-order chi connectivity index (χ1) is 9.52. The van der Waals surface area contributed by atoms with Crippen molar-refractivity contribution in [3.05, 3.63) is 0 Å². The number of ether oxygens (including phenoxy) is 1. The van der Waals surface area contributed by atoms with Crippen LogP contribution < -0.4 is 5.32 Å². The van der Waals surface area contributed by atoms with E-state index in [0.717, 1.165) is 12.8 Å². The second-order valence-corrected chi connectivity index (χ2v) is 5.68. The van der Waals surface area contributed by atoms with E-state index in [0.29, 0.717) is 6.42 Å². The fourth-order valence-corrected chi connectivity index (χ4v) is 2.11. The largest absolute Gasteiger partial charge is 0.467 e. The van der Waals surface area contributed by atoms with Crippen LogP contribution in [-0.4, -0.2) is 25.0 Å². The summed E-state index contributed by atoms with van der Waals surface area (Å²) in [4.78, 5) is 23.3. The molecule has 0 bridgehead atoms. The number of hydrogen-bond acceptors (Lipinski definition) is 3. The highest BCUT2D eigenvalue weighted by Crippen LogP contribution is 2.09. The fourth-order valence-electron chi connectivity index (χ4n) is 2.11. The van der Waals surface area contributed by atoms with E-state index in [1.54, 1.807) is 0 Å². The molecule has 0 radical (unpaired) electrons. The van der Waals surface area contributed by atoms with E-state index < -0.39 is 6.04 Å². The number of methoxy groups -OCH3 is 1. The van der Waals surface area contributed by atoms with Crippen LogP contribution in [0.1, 0.15) is 72.1 Å². The van der Waals surface area contributed by atoms with Gasteiger partial charge in [0.1, 0.15) is 6.04 Å². The van der Waals surface area contributed by atoms with Gasteiger partial charge in [-0.1, -0.05) is 59.3 Å². The molecule has 1 atom stereocenters. The molecule has 0 saturated heterocycles. The number of carbonyl (C=O) groups excluding carboxylic acids is 2. The Morgan fingerprint density at radius 1 is 1.00 bits per heavy atom. The van der Waals surface area contributed by atoms with Crippen molar-refractivity contribution in [1.29, 1.82) is 0 Å². The van der Waals surface area contributed by atoms with E-state index >= 15 is 0 Å². The van der Waals surface area contributed by atoms with Gasteiger partial charge in [-0.3, -0.25) is 4.79 Å². The fraction of sp³-hybridized carbons (Fsp3) is 0.875. The molecule has 1 N–H and O–H groups in total. The van der Waals surface area contributed by atoms with E-state index in [9.17, 15) is 9.59 Å². The number of amides is 1. The van der Waals surface area contributed by atoms with Crippen molar-refractivity contribution in [3.8, 4) is 0 Å². The van der Waals surface area contributed by atoms with Crippen LogP contribution in [0.15, 0.2) is 0 Å². The Labute approximate surface area is 123 Å². The summed E-state index contributed by atoms with van der Waals surface area (Å²) in [5.41, 5.74) is 0. The molecule has 0 aromatic heterocycles. The van der Waals surface area contributed by atoms with Crippen molar-refractivity contribution < 1.29 is 14.3 Å². The van der Waals surface area contributed by atoms with Gasteiger partial charge in [-0.25, -0.2) is 4.79 Å². The topological polar surface area (TPSA) is 55.4 Å². The first-order valence-corrected chi connectivity index (χ1v) is 7.90. The van der Waals surface area contributed by atoms with Crippen LogP contribution in [-0.2, 0) is 14.3 Å². The van der Waals surface area contributed by atoms with Crippen molar-refractivity contribution in [2.24, 2.45) is 5.92 Å². The van der Waals surface area contributed by atoms with Crippen LogP contribution in [0, 0.1) is 5.92 Å². The van der Waals surface area contributed by atoms with Crippen molar-refractivity contribution in [2.45, 2.75) is 78.2 Å². The Kier molecular flexibility index (Phi) is 11.1. The lowest BCUT2D eigenvalue weighted by Crippen LogP contribution is -2.44. The summed E-state index contributed by atoms with van der Waals surface area (Å²) in [5.74, 6) is -0.379. The molecule has 0 rings (SSSR count). The second-order valence-electron chi connectivity index (χ2n) is 5.68. The minimum Gasteiger partial charge on any atom is -0.467 e. The summed E-state index contributed by atoms with van der Waals surface area (Å²) in [6.45, 7) is 6.00. The average molecular weight is 285 g/mol. The van der Waals surface area contributed by atoms with Crippen molar-refractivity contribution in [2.75, 3.05) is 7.11 Å². The van der Waals surface area contributed by atoms with Gasteiger partial charge in [0.05, 0.1) is 7.11 Å². The molecule has 1 amide bonds. The molecular formula is C16H31NO3. The summed E-state index contributed by atoms with van der Waals surface area (Å²) < 4.78 is 4.70. The first-order valence-electron chi connectivity index (χ1n) is 7.90. The van der Waals surface area contributed by atoms with Crippen LogP contribution >= 0.6 is 0 Å². The monoisotopic (exact) mass is 285 g/mol. The van der Waals surface area contributed by atoms with Gasteiger partial charge in [-0.15, -0.1) is 0 Å². The van der Waals surface area contributed by atoms with Gasteiger partial charge in [0, 0.05) is 6.42 Å². The van der Waals surface area contributed by atoms with Crippen molar-refractivity contribution in [3.63, 3.8) is 0 Å². The molecule has 0 aliphatic carbocycles. The van der Waals surface area contributed by atoms with Gasteiger partial charge < -0.3 is 10.1 Å². The quantitative estimate of drug-likeness (QED) is 0.467. The van der Waals surface area contributed by atoms with Crippen LogP contribution in [0.2, 0.25) is 0 Å². The number of rotatable bonds is 11. The highest BCUT2D eigenvalue weighted by Gasteiger charge is 2.24. The molecule has 4 heteroatoms. The summed E-state index contributed by atoms with van der Waals surface area (Å²) >= 11 is 0. The third-order valence-corrected chi connectivity index (χ3v) is 3.45. The maximum absolute atomic E-state index is 11.8. The molecule has 0 saturated carbocycles. The zero-order chi connectivity index (χ0) is 15.4. The van der Waals surface area contributed by atoms with Gasteiger partial charge in [-0.2, -0.15) is 0 Å².